The molecule has 0 bridgehead atoms. The zero-order valence-electron chi connectivity index (χ0n) is 39.2. The lowest BCUT2D eigenvalue weighted by molar-refractivity contribution is 0.135. The van der Waals surface area contributed by atoms with E-state index in [1.54, 1.807) is 0 Å². The number of hydrogen-bond donors (Lipinski definition) is 0. The first kappa shape index (κ1) is 50.8. The monoisotopic (exact) mass is 809 g/mol. The lowest BCUT2D eigenvalue weighted by atomic mass is 9.89. The fraction of sp³-hybridized carbons (Fsp3) is 0.867. The fourth-order valence-corrected chi connectivity index (χ4v) is 13.8. The van der Waals surface area contributed by atoms with Gasteiger partial charge in [-0.25, -0.2) is 0 Å². The molecule has 0 aromatic heterocycles. The molecule has 0 aliphatic heterocycles. The minimum absolute atomic E-state index is 0.139. The Morgan fingerprint density at radius 2 is 1.30 bits per heavy atom. The van der Waals surface area contributed by atoms with Crippen molar-refractivity contribution in [3.63, 3.8) is 0 Å². The third-order valence-corrected chi connectivity index (χ3v) is 29.1. The Kier molecular flexibility index (Phi) is 19.6. The first-order valence-electron chi connectivity index (χ1n) is 21.6. The van der Waals surface area contributed by atoms with Crippen molar-refractivity contribution in [2.45, 2.75) is 233 Å². The zero-order valence-corrected chi connectivity index (χ0v) is 43.2. The highest BCUT2D eigenvalue weighted by atomic mass is 28.4. The second-order valence-electron chi connectivity index (χ2n) is 22.2. The molecule has 4 nitrogen and oxygen atoms in total. The molecule has 1 aliphatic carbocycles. The van der Waals surface area contributed by atoms with Gasteiger partial charge in [-0.05, 0) is 117 Å². The Morgan fingerprint density at radius 1 is 0.736 bits per heavy atom. The molecular weight excluding hydrogens is 717 g/mol. The van der Waals surface area contributed by atoms with Crippen LogP contribution in [0.3, 0.4) is 0 Å². The maximum Gasteiger partial charge on any atom is 0.250 e. The van der Waals surface area contributed by atoms with E-state index in [4.69, 9.17) is 17.7 Å². The van der Waals surface area contributed by atoms with Crippen LogP contribution in [0.1, 0.15) is 141 Å². The molecule has 0 N–H and O–H groups in total. The van der Waals surface area contributed by atoms with Crippen LogP contribution in [0.4, 0.5) is 0 Å². The first-order chi connectivity index (χ1) is 23.9. The Morgan fingerprint density at radius 3 is 1.81 bits per heavy atom. The van der Waals surface area contributed by atoms with Gasteiger partial charge in [0.15, 0.2) is 25.0 Å². The molecule has 1 rings (SSSR count). The highest BCUT2D eigenvalue weighted by Crippen LogP contribution is 2.47. The predicted molar refractivity (Wildman–Crippen MR) is 246 cm³/mol. The molecule has 0 aromatic carbocycles. The van der Waals surface area contributed by atoms with Gasteiger partial charge in [-0.3, -0.25) is 0 Å². The molecule has 0 unspecified atom stereocenters. The van der Waals surface area contributed by atoms with Crippen LogP contribution in [0.5, 0.6) is 0 Å². The van der Waals surface area contributed by atoms with E-state index in [2.05, 4.69) is 166 Å². The Hall–Kier alpha value is -0.232. The van der Waals surface area contributed by atoms with Crippen LogP contribution in [0, 0.1) is 17.8 Å². The molecule has 0 spiro atoms. The third-order valence-electron chi connectivity index (χ3n) is 13.0. The highest BCUT2D eigenvalue weighted by molar-refractivity contribution is 6.75. The van der Waals surface area contributed by atoms with Crippen molar-refractivity contribution >= 4 is 33.3 Å². The largest absolute Gasteiger partial charge is 0.547 e. The second-order valence-corrected chi connectivity index (χ2v) is 40.6. The van der Waals surface area contributed by atoms with Crippen LogP contribution in [0.15, 0.2) is 36.6 Å². The van der Waals surface area contributed by atoms with E-state index >= 15 is 0 Å². The summed E-state index contributed by atoms with van der Waals surface area (Å²) in [5.41, 5.74) is 0. The van der Waals surface area contributed by atoms with Gasteiger partial charge in [-0.1, -0.05) is 133 Å². The maximum absolute atomic E-state index is 7.40. The minimum Gasteiger partial charge on any atom is -0.547 e. The van der Waals surface area contributed by atoms with Crippen LogP contribution < -0.4 is 0 Å². The van der Waals surface area contributed by atoms with Gasteiger partial charge >= 0.3 is 0 Å². The summed E-state index contributed by atoms with van der Waals surface area (Å²) >= 11 is 0. The number of allylic oxidation sites excluding steroid dienone is 3. The van der Waals surface area contributed by atoms with Crippen LogP contribution in [-0.4, -0.2) is 51.6 Å². The van der Waals surface area contributed by atoms with Gasteiger partial charge in [0, 0.05) is 12.3 Å². The van der Waals surface area contributed by atoms with Crippen LogP contribution in [-0.2, 0) is 17.7 Å². The smallest absolute Gasteiger partial charge is 0.250 e. The van der Waals surface area contributed by atoms with E-state index in [-0.39, 0.29) is 39.3 Å². The van der Waals surface area contributed by atoms with Gasteiger partial charge in [0.25, 0.3) is 0 Å². The summed E-state index contributed by atoms with van der Waals surface area (Å²) in [5, 5.41) is 0.507. The number of unbranched alkanes of at least 4 members (excludes halogenated alkanes) is 3. The zero-order chi connectivity index (χ0) is 41.3. The number of hydrogen-bond acceptors (Lipinski definition) is 4. The van der Waals surface area contributed by atoms with E-state index in [9.17, 15) is 0 Å². The Labute approximate surface area is 336 Å². The van der Waals surface area contributed by atoms with Crippen molar-refractivity contribution in [2.24, 2.45) is 17.8 Å². The van der Waals surface area contributed by atoms with Crippen molar-refractivity contribution in [3.05, 3.63) is 36.6 Å². The molecule has 312 valence electrons. The van der Waals surface area contributed by atoms with Crippen LogP contribution in [0.2, 0.25) is 73.5 Å². The molecular formula is C45H92O4Si4. The van der Waals surface area contributed by atoms with Crippen molar-refractivity contribution in [3.8, 4) is 0 Å². The summed E-state index contributed by atoms with van der Waals surface area (Å²) in [7, 11) is -7.70. The molecule has 1 aliphatic rings. The highest BCUT2D eigenvalue weighted by Gasteiger charge is 2.49. The van der Waals surface area contributed by atoms with E-state index in [0.717, 1.165) is 44.3 Å². The van der Waals surface area contributed by atoms with Gasteiger partial charge in [0.1, 0.15) is 0 Å². The molecule has 0 radical (unpaired) electrons. The summed E-state index contributed by atoms with van der Waals surface area (Å²) in [6.45, 7) is 51.5. The molecule has 0 aromatic rings. The van der Waals surface area contributed by atoms with E-state index in [1.165, 1.54) is 25.3 Å². The molecule has 0 saturated heterocycles. The van der Waals surface area contributed by atoms with Gasteiger partial charge in [0.2, 0.25) is 8.32 Å². The molecule has 0 heterocycles. The fourth-order valence-electron chi connectivity index (χ4n) is 6.87. The van der Waals surface area contributed by atoms with Gasteiger partial charge < -0.3 is 17.7 Å². The SMILES string of the molecule is C=C(CCC/C=C\C[C@@H]1[C@@H](C=C[C@H](CCCCC)O[Si](C)(C)C(C)(C)C)[C@H](O[Si](C)(C)C(C)(C)C)C[C@@H]1O[Si](C)(C)CC(C)C)O[Si](C)(C)C(C)(C)C. The normalized spacial score (nSPS) is 22.1. The maximum atomic E-state index is 7.40. The summed E-state index contributed by atoms with van der Waals surface area (Å²) in [6, 6.07) is 1.18. The van der Waals surface area contributed by atoms with Crippen molar-refractivity contribution in [1.82, 2.24) is 0 Å². The van der Waals surface area contributed by atoms with Crippen LogP contribution >= 0.6 is 0 Å². The molecule has 1 saturated carbocycles. The molecule has 8 heteroatoms. The lowest BCUT2D eigenvalue weighted by Gasteiger charge is -2.40. The average Bonchev–Trinajstić information content (AvgIpc) is 3.24. The summed E-state index contributed by atoms with van der Waals surface area (Å²) in [6.07, 6.45) is 20.1. The minimum atomic E-state index is -2.03. The topological polar surface area (TPSA) is 36.9 Å². The van der Waals surface area contributed by atoms with E-state index in [1.807, 2.05) is 0 Å². The quantitative estimate of drug-likeness (QED) is 0.0472. The molecule has 1 fully saturated rings. The second kappa shape index (κ2) is 20.5. The first-order valence-corrected chi connectivity index (χ1v) is 33.4. The van der Waals surface area contributed by atoms with Crippen molar-refractivity contribution in [1.29, 1.82) is 0 Å². The average molecular weight is 810 g/mol. The number of rotatable bonds is 22. The van der Waals surface area contributed by atoms with E-state index in [0.29, 0.717) is 11.8 Å². The molecule has 0 amide bonds. The predicted octanol–water partition coefficient (Wildman–Crippen LogP) is 15.4. The molecule has 5 atom stereocenters. The van der Waals surface area contributed by atoms with Gasteiger partial charge in [0.05, 0.1) is 24.1 Å². The van der Waals surface area contributed by atoms with Crippen molar-refractivity contribution < 1.29 is 17.7 Å². The molecule has 53 heavy (non-hydrogen) atoms. The van der Waals surface area contributed by atoms with Crippen LogP contribution in [0.25, 0.3) is 0 Å². The van der Waals surface area contributed by atoms with Gasteiger partial charge in [-0.2, -0.15) is 0 Å². The Bertz CT molecular complexity index is 1150. The van der Waals surface area contributed by atoms with Gasteiger partial charge in [-0.15, -0.1) is 0 Å². The summed E-state index contributed by atoms with van der Waals surface area (Å²) in [5.74, 6) is 2.25. The summed E-state index contributed by atoms with van der Waals surface area (Å²) < 4.78 is 28.4. The van der Waals surface area contributed by atoms with E-state index < -0.39 is 33.3 Å². The third kappa shape index (κ3) is 17.0. The van der Waals surface area contributed by atoms with Crippen molar-refractivity contribution in [2.75, 3.05) is 0 Å². The lowest BCUT2D eigenvalue weighted by Crippen LogP contribution is -2.45. The Balaban J connectivity index is 3.50. The summed E-state index contributed by atoms with van der Waals surface area (Å²) in [4.78, 5) is 0. The standard InChI is InChI=1S/C45H92O4Si4/c1-22-23-26-30-38(47-52(18,19)44(8,9)10)32-33-40-39(31-28-25-24-27-29-37(4)46-51(16,17)43(5,6)7)41(48-50(14,15)35-36(2)3)34-42(40)49-53(20,21)45(11,12)13/h25,28,32-33,36,38-42H,4,22-24,26-27,29-31,34-35H2,1-3,5-21H3/b28-25-,33-32?/t38-,39+,40+,41-,42+/m0/s1.